The Morgan fingerprint density at radius 3 is 2.92 bits per heavy atom. The molecule has 0 spiro atoms. The Bertz CT molecular complexity index is 1070. The average Bonchev–Trinajstić information content (AvgIpc) is 3.30. The van der Waals surface area contributed by atoms with Gasteiger partial charge in [-0.3, -0.25) is 0 Å². The molecule has 1 unspecified atom stereocenters. The number of nitrogens with one attached hydrogen (secondary N) is 1. The van der Waals surface area contributed by atoms with Gasteiger partial charge in [0, 0.05) is 24.8 Å². The van der Waals surface area contributed by atoms with E-state index in [0.717, 1.165) is 33.6 Å². The van der Waals surface area contributed by atoms with E-state index >= 15 is 0 Å². The van der Waals surface area contributed by atoms with Crippen LogP contribution >= 0.6 is 0 Å². The van der Waals surface area contributed by atoms with Crippen LogP contribution in [0.15, 0.2) is 36.7 Å². The van der Waals surface area contributed by atoms with Crippen molar-refractivity contribution >= 4 is 22.5 Å². The summed E-state index contributed by atoms with van der Waals surface area (Å²) >= 11 is 0. The molecule has 0 aliphatic heterocycles. The van der Waals surface area contributed by atoms with Crippen molar-refractivity contribution in [2.24, 2.45) is 13.0 Å². The Kier molecular flexibility index (Phi) is 3.03. The Morgan fingerprint density at radius 2 is 2.08 bits per heavy atom. The van der Waals surface area contributed by atoms with Crippen molar-refractivity contribution < 1.29 is 0 Å². The predicted octanol–water partition coefficient (Wildman–Crippen LogP) is 2.89. The van der Waals surface area contributed by atoms with Crippen LogP contribution in [0, 0.1) is 5.92 Å². The lowest BCUT2D eigenvalue weighted by Gasteiger charge is -2.12. The Balaban J connectivity index is 1.53. The van der Waals surface area contributed by atoms with Gasteiger partial charge in [0.1, 0.15) is 5.52 Å². The van der Waals surface area contributed by atoms with E-state index in [2.05, 4.69) is 50.8 Å². The number of anilines is 1. The second-order valence-corrected chi connectivity index (χ2v) is 6.83. The van der Waals surface area contributed by atoms with Gasteiger partial charge in [-0.15, -0.1) is 10.2 Å². The number of nitrogens with zero attached hydrogens (tertiary/aromatic N) is 6. The van der Waals surface area contributed by atoms with Gasteiger partial charge < -0.3 is 5.32 Å². The van der Waals surface area contributed by atoms with Crippen molar-refractivity contribution in [3.63, 3.8) is 0 Å². The Hall–Kier alpha value is -2.96. The molecular weight excluding hydrogens is 314 g/mol. The van der Waals surface area contributed by atoms with Crippen LogP contribution in [0.25, 0.3) is 27.7 Å². The molecule has 7 heteroatoms. The van der Waals surface area contributed by atoms with Crippen LogP contribution in [0.1, 0.15) is 19.8 Å². The molecule has 1 N–H and O–H groups in total. The molecule has 7 nitrogen and oxygen atoms in total. The second-order valence-electron chi connectivity index (χ2n) is 6.83. The van der Waals surface area contributed by atoms with Gasteiger partial charge in [-0.25, -0.2) is 14.2 Å². The number of hydrogen-bond acceptors (Lipinski definition) is 5. The van der Waals surface area contributed by atoms with Crippen LogP contribution in [0.5, 0.6) is 0 Å². The highest BCUT2D eigenvalue weighted by Gasteiger charge is 2.28. The molecule has 1 atom stereocenters. The first-order valence-corrected chi connectivity index (χ1v) is 8.60. The topological polar surface area (TPSA) is 72.9 Å². The third-order valence-electron chi connectivity index (χ3n) is 5.02. The molecule has 0 bridgehead atoms. The van der Waals surface area contributed by atoms with Crippen molar-refractivity contribution in [1.82, 2.24) is 29.6 Å². The highest BCUT2D eigenvalue weighted by Crippen LogP contribution is 2.33. The maximum atomic E-state index is 4.61. The van der Waals surface area contributed by atoms with Crippen LogP contribution < -0.4 is 5.32 Å². The van der Waals surface area contributed by atoms with Gasteiger partial charge in [-0.2, -0.15) is 0 Å². The van der Waals surface area contributed by atoms with E-state index in [1.54, 1.807) is 4.68 Å². The fraction of sp³-hybridized carbons (Fsp3) is 0.333. The zero-order chi connectivity index (χ0) is 17.0. The van der Waals surface area contributed by atoms with Crippen molar-refractivity contribution in [2.45, 2.75) is 25.8 Å². The summed E-state index contributed by atoms with van der Waals surface area (Å²) < 4.78 is 3.67. The zero-order valence-electron chi connectivity index (χ0n) is 14.2. The number of rotatable bonds is 4. The summed E-state index contributed by atoms with van der Waals surface area (Å²) in [6.45, 7) is 2.20. The first kappa shape index (κ1) is 14.4. The van der Waals surface area contributed by atoms with E-state index in [-0.39, 0.29) is 0 Å². The van der Waals surface area contributed by atoms with Gasteiger partial charge >= 0.3 is 0 Å². The third-order valence-corrected chi connectivity index (χ3v) is 5.02. The predicted molar refractivity (Wildman–Crippen MR) is 96.3 cm³/mol. The minimum absolute atomic E-state index is 0.423. The smallest absolute Gasteiger partial charge is 0.241 e. The first-order chi connectivity index (χ1) is 12.2. The first-order valence-electron chi connectivity index (χ1n) is 8.60. The van der Waals surface area contributed by atoms with E-state index in [0.29, 0.717) is 12.0 Å². The molecule has 0 amide bonds. The quantitative estimate of drug-likeness (QED) is 0.622. The zero-order valence-corrected chi connectivity index (χ0v) is 14.2. The molecule has 4 aromatic rings. The largest absolute Gasteiger partial charge is 0.350 e. The van der Waals surface area contributed by atoms with Gasteiger partial charge in [0.2, 0.25) is 5.95 Å². The monoisotopic (exact) mass is 333 g/mol. The second kappa shape index (κ2) is 5.27. The van der Waals surface area contributed by atoms with Crippen LogP contribution in [-0.4, -0.2) is 35.6 Å². The molecule has 0 radical (unpaired) electrons. The molecule has 0 saturated heterocycles. The maximum Gasteiger partial charge on any atom is 0.241 e. The number of aryl methyl sites for hydroxylation is 1. The van der Waals surface area contributed by atoms with E-state index in [1.165, 1.54) is 12.8 Å². The highest BCUT2D eigenvalue weighted by atomic mass is 15.4. The van der Waals surface area contributed by atoms with E-state index in [9.17, 15) is 0 Å². The molecule has 3 heterocycles. The molecule has 1 aromatic carbocycles. The third kappa shape index (κ3) is 2.43. The number of benzene rings is 1. The average molecular weight is 333 g/mol. The minimum Gasteiger partial charge on any atom is -0.350 e. The van der Waals surface area contributed by atoms with E-state index in [1.807, 2.05) is 30.0 Å². The summed E-state index contributed by atoms with van der Waals surface area (Å²) in [6, 6.07) is 8.66. The molecular formula is C18H19N7. The Labute approximate surface area is 144 Å². The van der Waals surface area contributed by atoms with Crippen LogP contribution in [0.4, 0.5) is 5.95 Å². The van der Waals surface area contributed by atoms with Crippen LogP contribution in [-0.2, 0) is 7.05 Å². The summed E-state index contributed by atoms with van der Waals surface area (Å²) in [6.07, 6.45) is 6.46. The number of aromatic nitrogens is 6. The standard InChI is InChI=1S/C18H19N7/c1-11(12-3-4-12)20-18-19-10-17-14(7-8-25(17)22-18)13-5-6-15-16(9-13)24(2)23-21-15/h5-12H,3-4H2,1-2H3,(H,20,22). The fourth-order valence-corrected chi connectivity index (χ4v) is 3.33. The minimum atomic E-state index is 0.423. The lowest BCUT2D eigenvalue weighted by Crippen LogP contribution is -2.19. The van der Waals surface area contributed by atoms with Crippen molar-refractivity contribution in [2.75, 3.05) is 5.32 Å². The van der Waals surface area contributed by atoms with Gasteiger partial charge in [-0.05, 0) is 49.4 Å². The van der Waals surface area contributed by atoms with E-state index < -0.39 is 0 Å². The molecule has 5 rings (SSSR count). The molecule has 3 aromatic heterocycles. The normalized spacial score (nSPS) is 15.8. The van der Waals surface area contributed by atoms with Crippen LogP contribution in [0.2, 0.25) is 0 Å². The lowest BCUT2D eigenvalue weighted by molar-refractivity contribution is 0.681. The molecule has 1 aliphatic carbocycles. The lowest BCUT2D eigenvalue weighted by atomic mass is 10.1. The maximum absolute atomic E-state index is 4.61. The summed E-state index contributed by atoms with van der Waals surface area (Å²) in [5, 5.41) is 16.2. The highest BCUT2D eigenvalue weighted by molar-refractivity contribution is 5.87. The molecule has 25 heavy (non-hydrogen) atoms. The van der Waals surface area contributed by atoms with Gasteiger partial charge in [0.15, 0.2) is 0 Å². The number of hydrogen-bond donors (Lipinski definition) is 1. The summed E-state index contributed by atoms with van der Waals surface area (Å²) in [5.41, 5.74) is 5.10. The Morgan fingerprint density at radius 1 is 1.20 bits per heavy atom. The fourth-order valence-electron chi connectivity index (χ4n) is 3.33. The molecule has 1 saturated carbocycles. The molecule has 126 valence electrons. The summed E-state index contributed by atoms with van der Waals surface area (Å²) in [4.78, 5) is 4.51. The van der Waals surface area contributed by atoms with Crippen molar-refractivity contribution in [3.8, 4) is 11.1 Å². The molecule has 1 aliphatic rings. The van der Waals surface area contributed by atoms with Gasteiger partial charge in [0.25, 0.3) is 0 Å². The number of fused-ring (bicyclic) bond motifs is 2. The van der Waals surface area contributed by atoms with Gasteiger partial charge in [-0.1, -0.05) is 11.3 Å². The van der Waals surface area contributed by atoms with Gasteiger partial charge in [0.05, 0.1) is 17.2 Å². The summed E-state index contributed by atoms with van der Waals surface area (Å²) in [7, 11) is 1.90. The van der Waals surface area contributed by atoms with E-state index in [4.69, 9.17) is 0 Å². The SMILES string of the molecule is CC(Nc1ncc2c(-c3ccc4nnn(C)c4c3)ccn2n1)C1CC1. The molecule has 1 fully saturated rings. The summed E-state index contributed by atoms with van der Waals surface area (Å²) in [5.74, 6) is 1.44. The van der Waals surface area contributed by atoms with Crippen LogP contribution in [0.3, 0.4) is 0 Å². The van der Waals surface area contributed by atoms with Crippen molar-refractivity contribution in [1.29, 1.82) is 0 Å². The van der Waals surface area contributed by atoms with Crippen molar-refractivity contribution in [3.05, 3.63) is 36.7 Å².